The standard InChI is InChI=1S/C13H23N3O7/c1-6(10(17)16-7(2)11(18)19)15-9(13(22)23)5-3-4-8(14)12(20)21/h6-9,15H,3-5,14H2,1-2H3,(H,16,17)(H,18,19)(H,20,21)(H,22,23)/t6-,7-,8-,9-/m1/s1. The first-order chi connectivity index (χ1) is 10.6. The minimum Gasteiger partial charge on any atom is -0.480 e. The fourth-order valence-electron chi connectivity index (χ4n) is 1.72. The van der Waals surface area contributed by atoms with Gasteiger partial charge in [-0.3, -0.25) is 24.5 Å². The Morgan fingerprint density at radius 2 is 1.48 bits per heavy atom. The van der Waals surface area contributed by atoms with Crippen LogP contribution < -0.4 is 16.4 Å². The third-order valence-corrected chi connectivity index (χ3v) is 3.20. The number of carbonyl (C=O) groups is 4. The zero-order chi connectivity index (χ0) is 18.2. The van der Waals surface area contributed by atoms with Gasteiger partial charge in [-0.1, -0.05) is 0 Å². The van der Waals surface area contributed by atoms with Crippen LogP contribution in [0.4, 0.5) is 0 Å². The van der Waals surface area contributed by atoms with Crippen molar-refractivity contribution in [3.63, 3.8) is 0 Å². The Balaban J connectivity index is 4.46. The second kappa shape index (κ2) is 9.74. The summed E-state index contributed by atoms with van der Waals surface area (Å²) in [6, 6.07) is -4.16. The monoisotopic (exact) mass is 333 g/mol. The van der Waals surface area contributed by atoms with Crippen LogP contribution in [0, 0.1) is 0 Å². The number of aliphatic carboxylic acids is 3. The van der Waals surface area contributed by atoms with Gasteiger partial charge in [0.15, 0.2) is 0 Å². The molecule has 0 radical (unpaired) electrons. The first kappa shape index (κ1) is 20.8. The second-order valence-electron chi connectivity index (χ2n) is 5.22. The van der Waals surface area contributed by atoms with E-state index in [1.165, 1.54) is 13.8 Å². The number of carboxylic acid groups (broad SMARTS) is 3. The van der Waals surface area contributed by atoms with Crippen molar-refractivity contribution in [3.8, 4) is 0 Å². The van der Waals surface area contributed by atoms with Gasteiger partial charge >= 0.3 is 17.9 Å². The number of hydrogen-bond acceptors (Lipinski definition) is 6. The highest BCUT2D eigenvalue weighted by molar-refractivity contribution is 5.87. The first-order valence-corrected chi connectivity index (χ1v) is 7.06. The summed E-state index contributed by atoms with van der Waals surface area (Å²) in [5.41, 5.74) is 5.32. The molecule has 10 nitrogen and oxygen atoms in total. The van der Waals surface area contributed by atoms with Crippen molar-refractivity contribution in [1.29, 1.82) is 0 Å². The van der Waals surface area contributed by atoms with Crippen LogP contribution in [-0.4, -0.2) is 63.3 Å². The van der Waals surface area contributed by atoms with Gasteiger partial charge in [0.1, 0.15) is 18.1 Å². The van der Waals surface area contributed by atoms with Crippen LogP contribution >= 0.6 is 0 Å². The van der Waals surface area contributed by atoms with E-state index >= 15 is 0 Å². The number of carbonyl (C=O) groups excluding carboxylic acids is 1. The van der Waals surface area contributed by atoms with Crippen molar-refractivity contribution in [2.45, 2.75) is 57.3 Å². The molecule has 10 heteroatoms. The highest BCUT2D eigenvalue weighted by Gasteiger charge is 2.25. The summed E-state index contributed by atoms with van der Waals surface area (Å²) in [4.78, 5) is 44.2. The van der Waals surface area contributed by atoms with Crippen molar-refractivity contribution >= 4 is 23.8 Å². The van der Waals surface area contributed by atoms with Crippen molar-refractivity contribution in [2.75, 3.05) is 0 Å². The number of nitrogens with two attached hydrogens (primary N) is 1. The second-order valence-corrected chi connectivity index (χ2v) is 5.22. The molecule has 0 rings (SSSR count). The molecule has 4 atom stereocenters. The van der Waals surface area contributed by atoms with E-state index in [-0.39, 0.29) is 19.3 Å². The zero-order valence-electron chi connectivity index (χ0n) is 13.0. The van der Waals surface area contributed by atoms with E-state index in [1.807, 2.05) is 0 Å². The Morgan fingerprint density at radius 3 is 1.91 bits per heavy atom. The topological polar surface area (TPSA) is 179 Å². The van der Waals surface area contributed by atoms with Crippen molar-refractivity contribution in [1.82, 2.24) is 10.6 Å². The molecular formula is C13H23N3O7. The lowest BCUT2D eigenvalue weighted by Gasteiger charge is -2.21. The van der Waals surface area contributed by atoms with Crippen molar-refractivity contribution in [3.05, 3.63) is 0 Å². The average Bonchev–Trinajstić information content (AvgIpc) is 2.44. The van der Waals surface area contributed by atoms with E-state index in [0.29, 0.717) is 0 Å². The maximum Gasteiger partial charge on any atom is 0.325 e. The minimum absolute atomic E-state index is 0.0857. The summed E-state index contributed by atoms with van der Waals surface area (Å²) in [7, 11) is 0. The highest BCUT2D eigenvalue weighted by Crippen LogP contribution is 2.05. The minimum atomic E-state index is -1.21. The highest BCUT2D eigenvalue weighted by atomic mass is 16.4. The summed E-state index contributed by atoms with van der Waals surface area (Å²) in [5.74, 6) is -4.21. The van der Waals surface area contributed by atoms with Gasteiger partial charge in [-0.25, -0.2) is 0 Å². The molecule has 0 aliphatic rings. The van der Waals surface area contributed by atoms with Crippen LogP contribution in [-0.2, 0) is 19.2 Å². The maximum atomic E-state index is 11.8. The molecule has 132 valence electrons. The fourth-order valence-corrected chi connectivity index (χ4v) is 1.72. The molecule has 0 saturated carbocycles. The van der Waals surface area contributed by atoms with E-state index < -0.39 is 48.0 Å². The lowest BCUT2D eigenvalue weighted by molar-refractivity contribution is -0.142. The predicted octanol–water partition coefficient (Wildman–Crippen LogP) is -1.41. The van der Waals surface area contributed by atoms with Gasteiger partial charge in [-0.2, -0.15) is 0 Å². The average molecular weight is 333 g/mol. The summed E-state index contributed by atoms with van der Waals surface area (Å²) >= 11 is 0. The van der Waals surface area contributed by atoms with Crippen LogP contribution in [0.1, 0.15) is 33.1 Å². The molecule has 0 aliphatic heterocycles. The van der Waals surface area contributed by atoms with Crippen molar-refractivity contribution in [2.24, 2.45) is 5.73 Å². The van der Waals surface area contributed by atoms with E-state index in [2.05, 4.69) is 10.6 Å². The fraction of sp³-hybridized carbons (Fsp3) is 0.692. The largest absolute Gasteiger partial charge is 0.480 e. The Labute approximate surface area is 133 Å². The molecule has 7 N–H and O–H groups in total. The predicted molar refractivity (Wildman–Crippen MR) is 78.7 cm³/mol. The summed E-state index contributed by atoms with van der Waals surface area (Å²) in [6.45, 7) is 2.69. The number of amides is 1. The normalized spacial score (nSPS) is 16.0. The number of rotatable bonds is 11. The molecule has 0 aromatic carbocycles. The Morgan fingerprint density at radius 1 is 0.913 bits per heavy atom. The van der Waals surface area contributed by atoms with Crippen LogP contribution in [0.2, 0.25) is 0 Å². The third kappa shape index (κ3) is 8.12. The quantitative estimate of drug-likeness (QED) is 0.265. The lowest BCUT2D eigenvalue weighted by Crippen LogP contribution is -2.52. The molecule has 0 unspecified atom stereocenters. The first-order valence-electron chi connectivity index (χ1n) is 7.06. The smallest absolute Gasteiger partial charge is 0.325 e. The Bertz CT molecular complexity index is 455. The van der Waals surface area contributed by atoms with Crippen LogP contribution in [0.5, 0.6) is 0 Å². The number of hydrogen-bond donors (Lipinski definition) is 6. The summed E-state index contributed by atoms with van der Waals surface area (Å²) in [5, 5.41) is 31.3. The van der Waals surface area contributed by atoms with E-state index in [4.69, 9.17) is 21.1 Å². The molecule has 0 aliphatic carbocycles. The Kier molecular flexibility index (Phi) is 8.81. The lowest BCUT2D eigenvalue weighted by atomic mass is 10.0. The third-order valence-electron chi connectivity index (χ3n) is 3.20. The molecule has 0 fully saturated rings. The van der Waals surface area contributed by atoms with Gasteiger partial charge in [0.05, 0.1) is 6.04 Å². The Hall–Kier alpha value is -2.20. The number of carboxylic acids is 3. The van der Waals surface area contributed by atoms with E-state index in [0.717, 1.165) is 0 Å². The van der Waals surface area contributed by atoms with Gasteiger partial charge in [-0.05, 0) is 33.1 Å². The molecule has 0 heterocycles. The molecular weight excluding hydrogens is 310 g/mol. The molecule has 0 spiro atoms. The molecule has 0 saturated heterocycles. The van der Waals surface area contributed by atoms with Gasteiger partial charge in [0.2, 0.25) is 5.91 Å². The molecule has 0 aromatic rings. The molecule has 0 aromatic heterocycles. The van der Waals surface area contributed by atoms with E-state index in [9.17, 15) is 19.2 Å². The summed E-state index contributed by atoms with van der Waals surface area (Å²) < 4.78 is 0. The van der Waals surface area contributed by atoms with Gasteiger partial charge in [0.25, 0.3) is 0 Å². The molecule has 1 amide bonds. The van der Waals surface area contributed by atoms with Gasteiger partial charge in [0, 0.05) is 0 Å². The van der Waals surface area contributed by atoms with Gasteiger partial charge < -0.3 is 26.4 Å². The SMILES string of the molecule is C[C@@H](NC(=O)[C@@H](C)N[C@H](CCC[C@@H](N)C(=O)O)C(=O)O)C(=O)O. The van der Waals surface area contributed by atoms with Crippen molar-refractivity contribution < 1.29 is 34.5 Å². The summed E-state index contributed by atoms with van der Waals surface area (Å²) in [6.07, 6.45) is 0.442. The maximum absolute atomic E-state index is 11.8. The van der Waals surface area contributed by atoms with Gasteiger partial charge in [-0.15, -0.1) is 0 Å². The van der Waals surface area contributed by atoms with E-state index in [1.54, 1.807) is 0 Å². The number of nitrogens with one attached hydrogen (secondary N) is 2. The van der Waals surface area contributed by atoms with Crippen LogP contribution in [0.25, 0.3) is 0 Å². The molecule has 0 bridgehead atoms. The van der Waals surface area contributed by atoms with Crippen LogP contribution in [0.15, 0.2) is 0 Å². The van der Waals surface area contributed by atoms with Crippen LogP contribution in [0.3, 0.4) is 0 Å². The molecule has 23 heavy (non-hydrogen) atoms. The zero-order valence-corrected chi connectivity index (χ0v) is 13.0.